The molecular weight excluding hydrogens is 270 g/mol. The monoisotopic (exact) mass is 289 g/mol. The van der Waals surface area contributed by atoms with Gasteiger partial charge in [-0.15, -0.1) is 5.10 Å². The Bertz CT molecular complexity index is 582. The fourth-order valence-electron chi connectivity index (χ4n) is 1.56. The van der Waals surface area contributed by atoms with Gasteiger partial charge in [-0.2, -0.15) is 4.98 Å². The van der Waals surface area contributed by atoms with E-state index in [1.54, 1.807) is 19.2 Å². The lowest BCUT2D eigenvalue weighted by atomic mass is 10.2. The lowest BCUT2D eigenvalue weighted by Crippen LogP contribution is -2.29. The minimum atomic E-state index is -0.552. The summed E-state index contributed by atoms with van der Waals surface area (Å²) in [6.07, 6.45) is 1.11. The molecule has 0 bridgehead atoms. The summed E-state index contributed by atoms with van der Waals surface area (Å²) in [6, 6.07) is 5.47. The molecule has 7 heteroatoms. The quantitative estimate of drug-likeness (QED) is 0.846. The second-order valence-corrected chi connectivity index (χ2v) is 5.08. The topological polar surface area (TPSA) is 92.8 Å². The zero-order valence-electron chi connectivity index (χ0n) is 12.3. The van der Waals surface area contributed by atoms with Crippen LogP contribution in [0.4, 0.5) is 5.95 Å². The molecule has 0 radical (unpaired) electrons. The minimum Gasteiger partial charge on any atom is -0.368 e. The highest BCUT2D eigenvalue weighted by atomic mass is 16.5. The number of carbonyl (C=O) groups is 1. The van der Waals surface area contributed by atoms with Crippen molar-refractivity contribution < 1.29 is 9.53 Å². The number of nitrogens with one attached hydrogen (secondary N) is 2. The van der Waals surface area contributed by atoms with Crippen LogP contribution in [0.5, 0.6) is 0 Å². The van der Waals surface area contributed by atoms with Gasteiger partial charge in [0.05, 0.1) is 0 Å². The van der Waals surface area contributed by atoms with Crippen molar-refractivity contribution in [2.75, 3.05) is 11.9 Å². The Labute approximate surface area is 123 Å². The van der Waals surface area contributed by atoms with Gasteiger partial charge in [0, 0.05) is 12.8 Å². The van der Waals surface area contributed by atoms with E-state index in [2.05, 4.69) is 25.5 Å². The van der Waals surface area contributed by atoms with Gasteiger partial charge in [0.2, 0.25) is 5.95 Å². The van der Waals surface area contributed by atoms with E-state index in [1.807, 2.05) is 26.0 Å². The third-order valence-corrected chi connectivity index (χ3v) is 2.68. The van der Waals surface area contributed by atoms with Gasteiger partial charge in [-0.25, -0.2) is 0 Å². The molecule has 1 amide bonds. The summed E-state index contributed by atoms with van der Waals surface area (Å²) in [7, 11) is 0. The maximum atomic E-state index is 11.9. The number of amides is 1. The summed E-state index contributed by atoms with van der Waals surface area (Å²) in [4.78, 5) is 20.3. The van der Waals surface area contributed by atoms with E-state index in [-0.39, 0.29) is 11.9 Å². The number of carbonyl (C=O) groups excluding carboxylic acids is 1. The summed E-state index contributed by atoms with van der Waals surface area (Å²) < 4.78 is 5.44. The number of nitrogens with zero attached hydrogens (tertiary/aromatic N) is 3. The third kappa shape index (κ3) is 4.35. The van der Waals surface area contributed by atoms with Crippen molar-refractivity contribution in [3.05, 3.63) is 24.4 Å². The predicted octanol–water partition coefficient (Wildman–Crippen LogP) is 1.87. The number of rotatable bonds is 6. The molecule has 2 N–H and O–H groups in total. The van der Waals surface area contributed by atoms with Gasteiger partial charge < -0.3 is 4.74 Å². The number of aromatic nitrogens is 4. The highest BCUT2D eigenvalue weighted by Gasteiger charge is 2.16. The van der Waals surface area contributed by atoms with Gasteiger partial charge in [0.15, 0.2) is 5.82 Å². The molecule has 0 unspecified atom stereocenters. The standard InChI is InChI=1S/C14H19N5O2/c1-9(2)8-21-10(3)13(20)17-14-16-12(18-19-14)11-6-4-5-7-15-11/h4-7,9-10H,8H2,1-3H3,(H2,16,17,18,19,20)/t10-/m1/s1. The maximum Gasteiger partial charge on any atom is 0.255 e. The van der Waals surface area contributed by atoms with Gasteiger partial charge in [-0.1, -0.05) is 19.9 Å². The van der Waals surface area contributed by atoms with Gasteiger partial charge >= 0.3 is 0 Å². The molecule has 0 spiro atoms. The maximum absolute atomic E-state index is 11.9. The summed E-state index contributed by atoms with van der Waals surface area (Å²) >= 11 is 0. The first-order valence-electron chi connectivity index (χ1n) is 6.82. The van der Waals surface area contributed by atoms with Gasteiger partial charge in [-0.05, 0) is 25.0 Å². The Morgan fingerprint density at radius 3 is 2.86 bits per heavy atom. The molecule has 21 heavy (non-hydrogen) atoms. The average molecular weight is 289 g/mol. The second-order valence-electron chi connectivity index (χ2n) is 5.08. The van der Waals surface area contributed by atoms with Crippen LogP contribution >= 0.6 is 0 Å². The molecule has 0 saturated heterocycles. The number of ether oxygens (including phenoxy) is 1. The number of H-pyrrole nitrogens is 1. The summed E-state index contributed by atoms with van der Waals surface area (Å²) in [5.74, 6) is 0.809. The van der Waals surface area contributed by atoms with E-state index in [1.165, 1.54) is 0 Å². The lowest BCUT2D eigenvalue weighted by molar-refractivity contribution is -0.127. The van der Waals surface area contributed by atoms with Crippen molar-refractivity contribution in [2.45, 2.75) is 26.9 Å². The van der Waals surface area contributed by atoms with Crippen LogP contribution in [0.1, 0.15) is 20.8 Å². The lowest BCUT2D eigenvalue weighted by Gasteiger charge is -2.13. The predicted molar refractivity (Wildman–Crippen MR) is 78.5 cm³/mol. The molecule has 0 aliphatic heterocycles. The molecule has 0 aromatic carbocycles. The molecule has 0 aliphatic rings. The Morgan fingerprint density at radius 1 is 1.38 bits per heavy atom. The summed E-state index contributed by atoms with van der Waals surface area (Å²) in [5, 5.41) is 9.29. The van der Waals surface area contributed by atoms with Crippen molar-refractivity contribution in [2.24, 2.45) is 5.92 Å². The van der Waals surface area contributed by atoms with Crippen LogP contribution in [0.25, 0.3) is 11.5 Å². The average Bonchev–Trinajstić information content (AvgIpc) is 2.94. The SMILES string of the molecule is CC(C)CO[C@H](C)C(=O)Nc1n[nH]c(-c2ccccn2)n1. The van der Waals surface area contributed by atoms with Crippen molar-refractivity contribution >= 4 is 11.9 Å². The second kappa shape index (κ2) is 6.94. The highest BCUT2D eigenvalue weighted by Crippen LogP contribution is 2.12. The highest BCUT2D eigenvalue weighted by molar-refractivity contribution is 5.92. The van der Waals surface area contributed by atoms with Gasteiger partial charge in [-0.3, -0.25) is 20.2 Å². The molecule has 0 fully saturated rings. The van der Waals surface area contributed by atoms with Crippen LogP contribution in [0, 0.1) is 5.92 Å². The molecule has 0 saturated carbocycles. The smallest absolute Gasteiger partial charge is 0.255 e. The van der Waals surface area contributed by atoms with Gasteiger partial charge in [0.1, 0.15) is 11.8 Å². The molecular formula is C14H19N5O2. The molecule has 2 rings (SSSR count). The molecule has 7 nitrogen and oxygen atoms in total. The van der Waals surface area contributed by atoms with Gasteiger partial charge in [0.25, 0.3) is 5.91 Å². The third-order valence-electron chi connectivity index (χ3n) is 2.68. The van der Waals surface area contributed by atoms with E-state index in [9.17, 15) is 4.79 Å². The number of pyridine rings is 1. The molecule has 2 heterocycles. The normalized spacial score (nSPS) is 12.4. The number of hydrogen-bond donors (Lipinski definition) is 2. The van der Waals surface area contributed by atoms with Crippen LogP contribution in [0.15, 0.2) is 24.4 Å². The van der Waals surface area contributed by atoms with E-state index < -0.39 is 6.10 Å². The van der Waals surface area contributed by atoms with E-state index in [4.69, 9.17) is 4.74 Å². The summed E-state index contributed by atoms with van der Waals surface area (Å²) in [5.41, 5.74) is 0.662. The molecule has 0 aliphatic carbocycles. The van der Waals surface area contributed by atoms with Crippen LogP contribution in [0.3, 0.4) is 0 Å². The number of anilines is 1. The Balaban J connectivity index is 1.95. The largest absolute Gasteiger partial charge is 0.368 e. The Morgan fingerprint density at radius 2 is 2.19 bits per heavy atom. The summed E-state index contributed by atoms with van der Waals surface area (Å²) in [6.45, 7) is 6.28. The van der Waals surface area contributed by atoms with Crippen LogP contribution in [0.2, 0.25) is 0 Å². The fraction of sp³-hybridized carbons (Fsp3) is 0.429. The first-order valence-corrected chi connectivity index (χ1v) is 6.82. The van der Waals surface area contributed by atoms with Crippen LogP contribution in [-0.2, 0) is 9.53 Å². The number of hydrogen-bond acceptors (Lipinski definition) is 5. The van der Waals surface area contributed by atoms with E-state index >= 15 is 0 Å². The first kappa shape index (κ1) is 15.1. The Hall–Kier alpha value is -2.28. The molecule has 1 atom stereocenters. The van der Waals surface area contributed by atoms with Crippen molar-refractivity contribution in [3.63, 3.8) is 0 Å². The Kier molecular flexibility index (Phi) is 4.99. The first-order chi connectivity index (χ1) is 10.1. The van der Waals surface area contributed by atoms with Crippen molar-refractivity contribution in [1.82, 2.24) is 20.2 Å². The van der Waals surface area contributed by atoms with E-state index in [0.717, 1.165) is 0 Å². The fourth-order valence-corrected chi connectivity index (χ4v) is 1.56. The van der Waals surface area contributed by atoms with E-state index in [0.29, 0.717) is 24.0 Å². The molecule has 2 aromatic heterocycles. The van der Waals surface area contributed by atoms with Crippen LogP contribution in [-0.4, -0.2) is 38.8 Å². The van der Waals surface area contributed by atoms with Crippen molar-refractivity contribution in [3.8, 4) is 11.5 Å². The van der Waals surface area contributed by atoms with Crippen molar-refractivity contribution in [1.29, 1.82) is 0 Å². The van der Waals surface area contributed by atoms with Crippen LogP contribution < -0.4 is 5.32 Å². The molecule has 2 aromatic rings. The number of aromatic amines is 1. The molecule has 112 valence electrons. The zero-order chi connectivity index (χ0) is 15.2. The minimum absolute atomic E-state index is 0.209. The zero-order valence-corrected chi connectivity index (χ0v) is 12.3.